The molecular weight excluding hydrogens is 282 g/mol. The zero-order valence-electron chi connectivity index (χ0n) is 13.9. The molecule has 21 heavy (non-hydrogen) atoms. The van der Waals surface area contributed by atoms with Gasteiger partial charge in [0.25, 0.3) is 0 Å². The summed E-state index contributed by atoms with van der Waals surface area (Å²) in [6.45, 7) is 11.5. The van der Waals surface area contributed by atoms with Crippen LogP contribution in [-0.2, 0) is 9.84 Å². The highest BCUT2D eigenvalue weighted by Gasteiger charge is 2.20. The number of anilines is 1. The maximum absolute atomic E-state index is 12.3. The molecule has 4 heteroatoms. The van der Waals surface area contributed by atoms with Gasteiger partial charge in [-0.25, -0.2) is 8.42 Å². The molecule has 0 aliphatic heterocycles. The van der Waals surface area contributed by atoms with Crippen molar-refractivity contribution in [3.05, 3.63) is 24.3 Å². The van der Waals surface area contributed by atoms with E-state index >= 15 is 0 Å². The second-order valence-electron chi connectivity index (χ2n) is 6.35. The molecule has 0 fully saturated rings. The van der Waals surface area contributed by atoms with Crippen molar-refractivity contribution in [2.75, 3.05) is 17.6 Å². The fourth-order valence-electron chi connectivity index (χ4n) is 2.73. The second kappa shape index (κ2) is 7.83. The highest BCUT2D eigenvalue weighted by Crippen LogP contribution is 2.25. The Hall–Kier alpha value is -1.03. The predicted octanol–water partition coefficient (Wildman–Crippen LogP) is 4.21. The summed E-state index contributed by atoms with van der Waals surface area (Å²) >= 11 is 0. The first-order valence-electron chi connectivity index (χ1n) is 7.85. The van der Waals surface area contributed by atoms with Crippen molar-refractivity contribution in [1.82, 2.24) is 0 Å². The molecule has 1 N–H and O–H groups in total. The Bertz CT molecular complexity index is 527. The minimum atomic E-state index is -3.19. The molecule has 0 aliphatic carbocycles. The van der Waals surface area contributed by atoms with E-state index < -0.39 is 9.84 Å². The van der Waals surface area contributed by atoms with E-state index in [9.17, 15) is 8.42 Å². The van der Waals surface area contributed by atoms with E-state index in [2.05, 4.69) is 33.0 Å². The SMILES string of the molecule is CCCS(=O)(=O)c1ccccc1NCC(C(C)C)C(C)C. The molecule has 120 valence electrons. The maximum atomic E-state index is 12.3. The highest BCUT2D eigenvalue weighted by atomic mass is 32.2. The molecule has 1 aromatic rings. The van der Waals surface area contributed by atoms with Crippen LogP contribution in [0.2, 0.25) is 0 Å². The molecule has 0 unspecified atom stereocenters. The molecule has 0 aromatic heterocycles. The van der Waals surface area contributed by atoms with Gasteiger partial charge in [0, 0.05) is 6.54 Å². The summed E-state index contributed by atoms with van der Waals surface area (Å²) in [7, 11) is -3.19. The average Bonchev–Trinajstić information content (AvgIpc) is 2.38. The van der Waals surface area contributed by atoms with Gasteiger partial charge in [-0.15, -0.1) is 0 Å². The molecule has 0 bridgehead atoms. The summed E-state index contributed by atoms with van der Waals surface area (Å²) in [5, 5.41) is 3.36. The number of benzene rings is 1. The van der Waals surface area contributed by atoms with E-state index in [-0.39, 0.29) is 5.75 Å². The molecule has 0 aliphatic rings. The van der Waals surface area contributed by atoms with Gasteiger partial charge in [-0.05, 0) is 36.3 Å². The minimum absolute atomic E-state index is 0.198. The van der Waals surface area contributed by atoms with Crippen molar-refractivity contribution in [2.45, 2.75) is 45.9 Å². The standard InChI is InChI=1S/C17H29NO2S/c1-6-11-21(19,20)17-10-8-7-9-16(17)18-12-15(13(2)3)14(4)5/h7-10,13-15,18H,6,11-12H2,1-5H3. The zero-order chi connectivity index (χ0) is 16.0. The van der Waals surface area contributed by atoms with Crippen molar-refractivity contribution in [3.63, 3.8) is 0 Å². The van der Waals surface area contributed by atoms with Crippen LogP contribution in [0.1, 0.15) is 41.0 Å². The summed E-state index contributed by atoms with van der Waals surface area (Å²) in [5.74, 6) is 1.85. The smallest absolute Gasteiger partial charge is 0.180 e. The lowest BCUT2D eigenvalue weighted by Crippen LogP contribution is -2.25. The second-order valence-corrected chi connectivity index (χ2v) is 8.43. The van der Waals surface area contributed by atoms with Crippen molar-refractivity contribution >= 4 is 15.5 Å². The number of hydrogen-bond acceptors (Lipinski definition) is 3. The summed E-state index contributed by atoms with van der Waals surface area (Å²) in [6, 6.07) is 7.23. The molecule has 0 saturated carbocycles. The monoisotopic (exact) mass is 311 g/mol. The van der Waals surface area contributed by atoms with Crippen LogP contribution in [0.4, 0.5) is 5.69 Å². The fraction of sp³-hybridized carbons (Fsp3) is 0.647. The number of nitrogens with one attached hydrogen (secondary N) is 1. The number of para-hydroxylation sites is 1. The van der Waals surface area contributed by atoms with E-state index in [0.29, 0.717) is 29.1 Å². The van der Waals surface area contributed by atoms with E-state index in [1.165, 1.54) is 0 Å². The Morgan fingerprint density at radius 3 is 2.14 bits per heavy atom. The molecule has 0 amide bonds. The van der Waals surface area contributed by atoms with Gasteiger partial charge in [-0.3, -0.25) is 0 Å². The molecule has 3 nitrogen and oxygen atoms in total. The van der Waals surface area contributed by atoms with Crippen molar-refractivity contribution < 1.29 is 8.42 Å². The molecule has 0 radical (unpaired) electrons. The van der Waals surface area contributed by atoms with Gasteiger partial charge in [0.1, 0.15) is 0 Å². The lowest BCUT2D eigenvalue weighted by molar-refractivity contribution is 0.304. The Labute approximate surface area is 130 Å². The molecule has 0 saturated heterocycles. The largest absolute Gasteiger partial charge is 0.384 e. The third-order valence-electron chi connectivity index (χ3n) is 3.94. The number of rotatable bonds is 8. The third kappa shape index (κ3) is 5.03. The first-order chi connectivity index (χ1) is 9.79. The molecule has 0 spiro atoms. The van der Waals surface area contributed by atoms with Gasteiger partial charge >= 0.3 is 0 Å². The molecular formula is C17H29NO2S. The van der Waals surface area contributed by atoms with Crippen LogP contribution in [-0.4, -0.2) is 20.7 Å². The average molecular weight is 311 g/mol. The first-order valence-corrected chi connectivity index (χ1v) is 9.50. The van der Waals surface area contributed by atoms with Gasteiger partial charge in [-0.2, -0.15) is 0 Å². The lowest BCUT2D eigenvalue weighted by Gasteiger charge is -2.26. The lowest BCUT2D eigenvalue weighted by atomic mass is 9.85. The Morgan fingerprint density at radius 1 is 1.05 bits per heavy atom. The van der Waals surface area contributed by atoms with Crippen LogP contribution in [0.25, 0.3) is 0 Å². The normalized spacial score (nSPS) is 12.4. The summed E-state index contributed by atoms with van der Waals surface area (Å²) < 4.78 is 24.7. The maximum Gasteiger partial charge on any atom is 0.180 e. The van der Waals surface area contributed by atoms with Crippen LogP contribution in [0.3, 0.4) is 0 Å². The highest BCUT2D eigenvalue weighted by molar-refractivity contribution is 7.91. The quantitative estimate of drug-likeness (QED) is 0.782. The fourth-order valence-corrected chi connectivity index (χ4v) is 4.25. The molecule has 0 heterocycles. The van der Waals surface area contributed by atoms with E-state index in [4.69, 9.17) is 0 Å². The van der Waals surface area contributed by atoms with Gasteiger partial charge in [0.2, 0.25) is 0 Å². The van der Waals surface area contributed by atoms with Gasteiger partial charge in [0.15, 0.2) is 9.84 Å². The van der Waals surface area contributed by atoms with Crippen LogP contribution in [0.15, 0.2) is 29.2 Å². The van der Waals surface area contributed by atoms with E-state index in [0.717, 1.165) is 12.2 Å². The Kier molecular flexibility index (Phi) is 6.72. The Morgan fingerprint density at radius 2 is 1.62 bits per heavy atom. The number of sulfone groups is 1. The third-order valence-corrected chi connectivity index (χ3v) is 5.91. The van der Waals surface area contributed by atoms with E-state index in [1.807, 2.05) is 19.1 Å². The van der Waals surface area contributed by atoms with Crippen LogP contribution in [0.5, 0.6) is 0 Å². The molecule has 1 rings (SSSR count). The van der Waals surface area contributed by atoms with E-state index in [1.54, 1.807) is 12.1 Å². The van der Waals surface area contributed by atoms with Crippen molar-refractivity contribution in [1.29, 1.82) is 0 Å². The first kappa shape index (κ1) is 18.0. The van der Waals surface area contributed by atoms with Crippen LogP contribution in [0, 0.1) is 17.8 Å². The van der Waals surface area contributed by atoms with Gasteiger partial charge in [0.05, 0.1) is 16.3 Å². The van der Waals surface area contributed by atoms with Gasteiger partial charge in [-0.1, -0.05) is 46.8 Å². The minimum Gasteiger partial charge on any atom is -0.384 e. The zero-order valence-corrected chi connectivity index (χ0v) is 14.7. The van der Waals surface area contributed by atoms with Crippen molar-refractivity contribution in [2.24, 2.45) is 17.8 Å². The molecule has 0 atom stereocenters. The Balaban J connectivity index is 2.95. The summed E-state index contributed by atoms with van der Waals surface area (Å²) in [6.07, 6.45) is 0.636. The van der Waals surface area contributed by atoms with Crippen molar-refractivity contribution in [3.8, 4) is 0 Å². The summed E-state index contributed by atoms with van der Waals surface area (Å²) in [4.78, 5) is 0.429. The number of hydrogen-bond donors (Lipinski definition) is 1. The van der Waals surface area contributed by atoms with Crippen LogP contribution < -0.4 is 5.32 Å². The van der Waals surface area contributed by atoms with Crippen LogP contribution >= 0.6 is 0 Å². The predicted molar refractivity (Wildman–Crippen MR) is 90.4 cm³/mol. The molecule has 1 aromatic carbocycles. The summed E-state index contributed by atoms with van der Waals surface area (Å²) in [5.41, 5.74) is 0.734. The van der Waals surface area contributed by atoms with Gasteiger partial charge < -0.3 is 5.32 Å². The topological polar surface area (TPSA) is 46.2 Å².